The van der Waals surface area contributed by atoms with Gasteiger partial charge in [-0.1, -0.05) is 18.2 Å². The summed E-state index contributed by atoms with van der Waals surface area (Å²) in [5.41, 5.74) is 2.25. The molecule has 2 atom stereocenters. The lowest BCUT2D eigenvalue weighted by Crippen LogP contribution is -2.44. The molecule has 0 radical (unpaired) electrons. The Kier molecular flexibility index (Phi) is 4.03. The number of carbonyl (C=O) groups is 1. The number of amides is 1. The van der Waals surface area contributed by atoms with Crippen molar-refractivity contribution >= 4 is 11.6 Å². The molecule has 2 aliphatic rings. The lowest BCUT2D eigenvalue weighted by atomic mass is 9.99. The molecule has 0 saturated carbocycles. The fourth-order valence-corrected chi connectivity index (χ4v) is 3.01. The van der Waals surface area contributed by atoms with E-state index in [1.807, 2.05) is 17.0 Å². The second kappa shape index (κ2) is 5.94. The average Bonchev–Trinajstić information content (AvgIpc) is 2.67. The highest BCUT2D eigenvalue weighted by atomic mass is 16.5. The van der Waals surface area contributed by atoms with Gasteiger partial charge in [0.25, 0.3) is 0 Å². The summed E-state index contributed by atoms with van der Waals surface area (Å²) in [6.07, 6.45) is 1.93. The maximum absolute atomic E-state index is 12.8. The highest BCUT2D eigenvalue weighted by Crippen LogP contribution is 2.27. The molecule has 1 aromatic rings. The van der Waals surface area contributed by atoms with Gasteiger partial charge in [-0.25, -0.2) is 0 Å². The van der Waals surface area contributed by atoms with Crippen molar-refractivity contribution in [3.05, 3.63) is 29.8 Å². The van der Waals surface area contributed by atoms with Gasteiger partial charge in [-0.2, -0.15) is 0 Å². The number of benzene rings is 1. The van der Waals surface area contributed by atoms with E-state index in [0.29, 0.717) is 12.6 Å². The minimum atomic E-state index is 0.0158. The minimum absolute atomic E-state index is 0.0158. The Balaban J connectivity index is 1.87. The number of hydrogen-bond acceptors (Lipinski definition) is 3. The quantitative estimate of drug-likeness (QED) is 0.851. The summed E-state index contributed by atoms with van der Waals surface area (Å²) in [6, 6.07) is 8.49. The van der Waals surface area contributed by atoms with Gasteiger partial charge in [-0.3, -0.25) is 4.79 Å². The highest BCUT2D eigenvalue weighted by molar-refractivity contribution is 5.96. The fraction of sp³-hybridized carbons (Fsp3) is 0.562. The van der Waals surface area contributed by atoms with Gasteiger partial charge in [0.05, 0.1) is 12.5 Å². The molecular formula is C16H22N2O2. The Hall–Kier alpha value is -1.39. The molecule has 4 heteroatoms. The molecule has 1 aromatic carbocycles. The number of para-hydroxylation sites is 1. The van der Waals surface area contributed by atoms with Crippen molar-refractivity contribution in [3.8, 4) is 0 Å². The monoisotopic (exact) mass is 274 g/mol. The van der Waals surface area contributed by atoms with Crippen molar-refractivity contribution in [2.75, 3.05) is 24.7 Å². The van der Waals surface area contributed by atoms with Gasteiger partial charge in [-0.15, -0.1) is 0 Å². The first-order valence-corrected chi connectivity index (χ1v) is 7.46. The van der Waals surface area contributed by atoms with Crippen molar-refractivity contribution in [1.29, 1.82) is 0 Å². The van der Waals surface area contributed by atoms with Crippen LogP contribution in [0.5, 0.6) is 0 Å². The summed E-state index contributed by atoms with van der Waals surface area (Å²) in [5, 5.41) is 3.46. The largest absolute Gasteiger partial charge is 0.381 e. The van der Waals surface area contributed by atoms with Gasteiger partial charge in [0, 0.05) is 31.4 Å². The molecule has 1 N–H and O–H groups in total. The number of ether oxygens (including phenoxy) is 1. The van der Waals surface area contributed by atoms with Crippen molar-refractivity contribution in [1.82, 2.24) is 5.32 Å². The van der Waals surface area contributed by atoms with E-state index < -0.39 is 0 Å². The van der Waals surface area contributed by atoms with Crippen LogP contribution < -0.4 is 10.2 Å². The van der Waals surface area contributed by atoms with Crippen LogP contribution in [0.15, 0.2) is 24.3 Å². The number of nitrogens with zero attached hydrogens (tertiary/aromatic N) is 1. The Morgan fingerprint density at radius 2 is 2.25 bits per heavy atom. The molecule has 3 rings (SSSR count). The maximum atomic E-state index is 12.8. The molecule has 2 unspecified atom stereocenters. The summed E-state index contributed by atoms with van der Waals surface area (Å²) in [6.45, 7) is 5.04. The normalized spacial score (nSPS) is 26.8. The van der Waals surface area contributed by atoms with E-state index in [2.05, 4.69) is 24.4 Å². The first kappa shape index (κ1) is 13.6. The number of hydrogen-bond donors (Lipinski definition) is 1. The fourth-order valence-electron chi connectivity index (χ4n) is 3.01. The topological polar surface area (TPSA) is 41.6 Å². The molecule has 0 bridgehead atoms. The molecule has 0 aromatic heterocycles. The Labute approximate surface area is 120 Å². The van der Waals surface area contributed by atoms with Crippen molar-refractivity contribution in [3.63, 3.8) is 0 Å². The number of anilines is 1. The zero-order valence-electron chi connectivity index (χ0n) is 12.0. The molecule has 108 valence electrons. The van der Waals surface area contributed by atoms with E-state index in [4.69, 9.17) is 4.74 Å². The van der Waals surface area contributed by atoms with E-state index >= 15 is 0 Å². The third-order valence-corrected chi connectivity index (χ3v) is 4.16. The third-order valence-electron chi connectivity index (χ3n) is 4.16. The number of rotatable bonds is 1. The molecule has 20 heavy (non-hydrogen) atoms. The van der Waals surface area contributed by atoms with E-state index in [9.17, 15) is 4.79 Å². The Bertz CT molecular complexity index is 483. The van der Waals surface area contributed by atoms with Crippen LogP contribution in [-0.4, -0.2) is 31.7 Å². The summed E-state index contributed by atoms with van der Waals surface area (Å²) < 4.78 is 5.48. The minimum Gasteiger partial charge on any atom is -0.381 e. The number of fused-ring (bicyclic) bond motifs is 1. The third kappa shape index (κ3) is 2.72. The summed E-state index contributed by atoms with van der Waals surface area (Å²) >= 11 is 0. The first-order valence-electron chi connectivity index (χ1n) is 7.46. The molecule has 0 aliphatic carbocycles. The average molecular weight is 274 g/mol. The van der Waals surface area contributed by atoms with Crippen molar-refractivity contribution < 1.29 is 9.53 Å². The van der Waals surface area contributed by atoms with Crippen LogP contribution in [0, 0.1) is 5.92 Å². The molecule has 0 spiro atoms. The highest BCUT2D eigenvalue weighted by Gasteiger charge is 2.30. The summed E-state index contributed by atoms with van der Waals surface area (Å²) in [7, 11) is 0. The van der Waals surface area contributed by atoms with Crippen LogP contribution >= 0.6 is 0 Å². The second-order valence-corrected chi connectivity index (χ2v) is 5.77. The van der Waals surface area contributed by atoms with Crippen LogP contribution in [0.25, 0.3) is 0 Å². The number of carbonyl (C=O) groups excluding carboxylic acids is 1. The molecular weight excluding hydrogens is 252 g/mol. The standard InChI is InChI=1S/C16H22N2O2/c1-12-10-18(16(19)14-6-4-8-20-11-14)15-7-3-2-5-13(15)9-17-12/h2-3,5,7,12,14,17H,4,6,8-11H2,1H3. The van der Waals surface area contributed by atoms with Crippen LogP contribution in [0.4, 0.5) is 5.69 Å². The Morgan fingerprint density at radius 1 is 1.40 bits per heavy atom. The van der Waals surface area contributed by atoms with Crippen LogP contribution in [-0.2, 0) is 16.1 Å². The predicted molar refractivity (Wildman–Crippen MR) is 78.6 cm³/mol. The molecule has 1 amide bonds. The summed E-state index contributed by atoms with van der Waals surface area (Å²) in [4.78, 5) is 14.8. The van der Waals surface area contributed by atoms with Gasteiger partial charge in [-0.05, 0) is 31.4 Å². The van der Waals surface area contributed by atoms with E-state index in [0.717, 1.165) is 38.2 Å². The molecule has 1 fully saturated rings. The lowest BCUT2D eigenvalue weighted by Gasteiger charge is -2.30. The zero-order valence-corrected chi connectivity index (χ0v) is 12.0. The van der Waals surface area contributed by atoms with Crippen molar-refractivity contribution in [2.45, 2.75) is 32.4 Å². The van der Waals surface area contributed by atoms with Gasteiger partial charge in [0.2, 0.25) is 5.91 Å². The molecule has 2 heterocycles. The van der Waals surface area contributed by atoms with Gasteiger partial charge >= 0.3 is 0 Å². The zero-order chi connectivity index (χ0) is 13.9. The van der Waals surface area contributed by atoms with Crippen LogP contribution in [0.3, 0.4) is 0 Å². The predicted octanol–water partition coefficient (Wildman–Crippen LogP) is 1.94. The number of nitrogens with one attached hydrogen (secondary N) is 1. The first-order chi connectivity index (χ1) is 9.75. The van der Waals surface area contributed by atoms with Crippen LogP contribution in [0.2, 0.25) is 0 Å². The smallest absolute Gasteiger partial charge is 0.232 e. The van der Waals surface area contributed by atoms with E-state index in [1.165, 1.54) is 5.56 Å². The van der Waals surface area contributed by atoms with E-state index in [-0.39, 0.29) is 11.8 Å². The maximum Gasteiger partial charge on any atom is 0.232 e. The van der Waals surface area contributed by atoms with Gasteiger partial charge in [0.15, 0.2) is 0 Å². The summed E-state index contributed by atoms with van der Waals surface area (Å²) in [5.74, 6) is 0.231. The van der Waals surface area contributed by atoms with Crippen LogP contribution in [0.1, 0.15) is 25.3 Å². The molecule has 4 nitrogen and oxygen atoms in total. The molecule has 2 aliphatic heterocycles. The lowest BCUT2D eigenvalue weighted by molar-refractivity contribution is -0.126. The van der Waals surface area contributed by atoms with Gasteiger partial charge in [0.1, 0.15) is 0 Å². The Morgan fingerprint density at radius 3 is 3.05 bits per heavy atom. The van der Waals surface area contributed by atoms with E-state index in [1.54, 1.807) is 0 Å². The van der Waals surface area contributed by atoms with Gasteiger partial charge < -0.3 is 15.0 Å². The second-order valence-electron chi connectivity index (χ2n) is 5.77. The SMILES string of the molecule is CC1CN(C(=O)C2CCCOC2)c2ccccc2CN1. The van der Waals surface area contributed by atoms with Crippen molar-refractivity contribution in [2.24, 2.45) is 5.92 Å². The molecule has 1 saturated heterocycles.